The lowest BCUT2D eigenvalue weighted by atomic mass is 10.1. The van der Waals surface area contributed by atoms with E-state index in [1.54, 1.807) is 25.1 Å². The van der Waals surface area contributed by atoms with Gasteiger partial charge in [-0.25, -0.2) is 9.78 Å². The van der Waals surface area contributed by atoms with E-state index in [-0.39, 0.29) is 11.9 Å². The molecule has 0 fully saturated rings. The Kier molecular flexibility index (Phi) is 5.62. The molecule has 1 aromatic carbocycles. The number of thiophene rings is 1. The molecule has 0 saturated heterocycles. The molecule has 0 aliphatic carbocycles. The predicted octanol–water partition coefficient (Wildman–Crippen LogP) is 4.11. The molecule has 3 rings (SSSR count). The van der Waals surface area contributed by atoms with Crippen LogP contribution in [0.25, 0.3) is 9.53 Å². The van der Waals surface area contributed by atoms with E-state index in [0.29, 0.717) is 38.5 Å². The third-order valence-corrected chi connectivity index (χ3v) is 6.20. The summed E-state index contributed by atoms with van der Waals surface area (Å²) in [6.45, 7) is 3.93. The van der Waals surface area contributed by atoms with E-state index in [9.17, 15) is 9.59 Å². The normalized spacial score (nSPS) is 10.7. The van der Waals surface area contributed by atoms with Crippen LogP contribution in [0.1, 0.15) is 32.5 Å². The van der Waals surface area contributed by atoms with Crippen molar-refractivity contribution in [2.75, 3.05) is 26.1 Å². The van der Waals surface area contributed by atoms with E-state index >= 15 is 0 Å². The Morgan fingerprint density at radius 3 is 2.37 bits per heavy atom. The highest BCUT2D eigenvalue weighted by Gasteiger charge is 2.23. The molecule has 3 aromatic rings. The van der Waals surface area contributed by atoms with Crippen molar-refractivity contribution in [3.05, 3.63) is 34.2 Å². The molecule has 0 atom stereocenters. The molecule has 142 valence electrons. The number of fused-ring (bicyclic) bond motifs is 1. The van der Waals surface area contributed by atoms with Crippen molar-refractivity contribution in [3.8, 4) is 11.5 Å². The van der Waals surface area contributed by atoms with Crippen LogP contribution < -0.4 is 14.8 Å². The zero-order valence-electron chi connectivity index (χ0n) is 15.2. The molecular formula is C18H18N2O5S2. The van der Waals surface area contributed by atoms with Crippen molar-refractivity contribution < 1.29 is 23.8 Å². The molecule has 0 aliphatic rings. The SMILES string of the molecule is CCOC(=O)c1sc2nc(NC(=O)c3c(OC)cccc3OC)sc2c1C. The van der Waals surface area contributed by atoms with Crippen LogP contribution in [0.3, 0.4) is 0 Å². The summed E-state index contributed by atoms with van der Waals surface area (Å²) in [5.41, 5.74) is 1.10. The van der Waals surface area contributed by atoms with Crippen LogP contribution in [-0.2, 0) is 4.74 Å². The molecule has 1 amide bonds. The summed E-state index contributed by atoms with van der Waals surface area (Å²) in [6.07, 6.45) is 0. The number of aryl methyl sites for hydroxylation is 1. The summed E-state index contributed by atoms with van der Waals surface area (Å²) in [5, 5.41) is 3.22. The van der Waals surface area contributed by atoms with Crippen LogP contribution in [-0.4, -0.2) is 37.7 Å². The van der Waals surface area contributed by atoms with Crippen LogP contribution in [0, 0.1) is 6.92 Å². The highest BCUT2D eigenvalue weighted by atomic mass is 32.1. The average Bonchev–Trinajstić information content (AvgIpc) is 3.19. The van der Waals surface area contributed by atoms with Gasteiger partial charge in [0.2, 0.25) is 0 Å². The van der Waals surface area contributed by atoms with Gasteiger partial charge in [-0.15, -0.1) is 11.3 Å². The number of esters is 1. The highest BCUT2D eigenvalue weighted by Crippen LogP contribution is 2.38. The van der Waals surface area contributed by atoms with Gasteiger partial charge in [0.05, 0.1) is 25.5 Å². The van der Waals surface area contributed by atoms with Gasteiger partial charge in [-0.05, 0) is 31.5 Å². The Hall–Kier alpha value is -2.65. The van der Waals surface area contributed by atoms with E-state index in [4.69, 9.17) is 14.2 Å². The maximum Gasteiger partial charge on any atom is 0.348 e. The van der Waals surface area contributed by atoms with E-state index in [2.05, 4.69) is 10.3 Å². The summed E-state index contributed by atoms with van der Waals surface area (Å²) < 4.78 is 16.4. The Morgan fingerprint density at radius 2 is 1.81 bits per heavy atom. The topological polar surface area (TPSA) is 86.8 Å². The third-order valence-electron chi connectivity index (χ3n) is 3.81. The first-order valence-electron chi connectivity index (χ1n) is 8.09. The monoisotopic (exact) mass is 406 g/mol. The number of rotatable bonds is 6. The summed E-state index contributed by atoms with van der Waals surface area (Å²) >= 11 is 2.56. The van der Waals surface area contributed by atoms with Gasteiger partial charge < -0.3 is 14.2 Å². The summed E-state index contributed by atoms with van der Waals surface area (Å²) in [4.78, 5) is 30.4. The minimum absolute atomic E-state index is 0.296. The molecule has 0 aliphatic heterocycles. The molecular weight excluding hydrogens is 388 g/mol. The average molecular weight is 406 g/mol. The lowest BCUT2D eigenvalue weighted by Gasteiger charge is -2.11. The fourth-order valence-electron chi connectivity index (χ4n) is 2.57. The predicted molar refractivity (Wildman–Crippen MR) is 106 cm³/mol. The molecule has 9 heteroatoms. The number of aromatic nitrogens is 1. The number of thiazole rings is 1. The third kappa shape index (κ3) is 3.60. The van der Waals surface area contributed by atoms with Gasteiger partial charge in [0.1, 0.15) is 26.8 Å². The molecule has 0 bridgehead atoms. The number of amides is 1. The lowest BCUT2D eigenvalue weighted by Crippen LogP contribution is -2.14. The molecule has 2 heterocycles. The second-order valence-electron chi connectivity index (χ2n) is 5.42. The molecule has 7 nitrogen and oxygen atoms in total. The zero-order valence-corrected chi connectivity index (χ0v) is 16.9. The van der Waals surface area contributed by atoms with E-state index in [0.717, 1.165) is 10.3 Å². The van der Waals surface area contributed by atoms with E-state index in [1.807, 2.05) is 6.92 Å². The largest absolute Gasteiger partial charge is 0.496 e. The Labute approximate surface area is 163 Å². The van der Waals surface area contributed by atoms with Crippen molar-refractivity contribution in [3.63, 3.8) is 0 Å². The summed E-state index contributed by atoms with van der Waals surface area (Å²) in [5.74, 6) is 0.0838. The Morgan fingerprint density at radius 1 is 1.15 bits per heavy atom. The second kappa shape index (κ2) is 7.93. The number of ether oxygens (including phenoxy) is 3. The molecule has 0 saturated carbocycles. The number of nitrogens with one attached hydrogen (secondary N) is 1. The van der Waals surface area contributed by atoms with Crippen molar-refractivity contribution in [2.45, 2.75) is 13.8 Å². The van der Waals surface area contributed by atoms with Crippen LogP contribution in [0.4, 0.5) is 5.13 Å². The number of methoxy groups -OCH3 is 2. The first kappa shape index (κ1) is 19.1. The number of carbonyl (C=O) groups excluding carboxylic acids is 2. The second-order valence-corrected chi connectivity index (χ2v) is 7.42. The first-order chi connectivity index (χ1) is 13.0. The molecule has 0 radical (unpaired) electrons. The van der Waals surface area contributed by atoms with Crippen LogP contribution in [0.15, 0.2) is 18.2 Å². The maximum atomic E-state index is 12.7. The lowest BCUT2D eigenvalue weighted by molar-refractivity contribution is 0.0531. The van der Waals surface area contributed by atoms with Crippen LogP contribution >= 0.6 is 22.7 Å². The number of hydrogen-bond acceptors (Lipinski definition) is 8. The van der Waals surface area contributed by atoms with Gasteiger partial charge >= 0.3 is 5.97 Å². The minimum Gasteiger partial charge on any atom is -0.496 e. The quantitative estimate of drug-likeness (QED) is 0.620. The minimum atomic E-state index is -0.381. The van der Waals surface area contributed by atoms with Crippen molar-refractivity contribution >= 4 is 49.2 Å². The molecule has 27 heavy (non-hydrogen) atoms. The number of nitrogens with zero attached hydrogens (tertiary/aromatic N) is 1. The zero-order chi connectivity index (χ0) is 19.6. The van der Waals surface area contributed by atoms with Crippen molar-refractivity contribution in [1.82, 2.24) is 4.98 Å². The fraction of sp³-hybridized carbons (Fsp3) is 0.278. The fourth-order valence-corrected chi connectivity index (χ4v) is 4.78. The van der Waals surface area contributed by atoms with Crippen LogP contribution in [0.5, 0.6) is 11.5 Å². The number of hydrogen-bond donors (Lipinski definition) is 1. The number of benzene rings is 1. The van der Waals surface area contributed by atoms with Crippen LogP contribution in [0.2, 0.25) is 0 Å². The van der Waals surface area contributed by atoms with Gasteiger partial charge in [-0.1, -0.05) is 17.4 Å². The van der Waals surface area contributed by atoms with Gasteiger partial charge in [0.25, 0.3) is 5.91 Å². The van der Waals surface area contributed by atoms with Gasteiger partial charge in [0, 0.05) is 0 Å². The molecule has 2 aromatic heterocycles. The first-order valence-corrected chi connectivity index (χ1v) is 9.72. The van der Waals surface area contributed by atoms with Gasteiger partial charge in [-0.2, -0.15) is 0 Å². The maximum absolute atomic E-state index is 12.7. The number of carbonyl (C=O) groups is 2. The molecule has 0 unspecified atom stereocenters. The van der Waals surface area contributed by atoms with Crippen molar-refractivity contribution in [1.29, 1.82) is 0 Å². The molecule has 1 N–H and O–H groups in total. The standard InChI is InChI=1S/C18H18N2O5S2/c1-5-25-17(22)14-9(2)13-16(26-14)20-18(27-13)19-15(21)12-10(23-3)7-6-8-11(12)24-4/h6-8H,5H2,1-4H3,(H,19,20,21). The smallest absolute Gasteiger partial charge is 0.348 e. The number of anilines is 1. The Bertz CT molecular complexity index is 987. The van der Waals surface area contributed by atoms with Crippen molar-refractivity contribution in [2.24, 2.45) is 0 Å². The Balaban J connectivity index is 1.90. The van der Waals surface area contributed by atoms with E-state index < -0.39 is 0 Å². The molecule has 0 spiro atoms. The van der Waals surface area contributed by atoms with Gasteiger partial charge in [0.15, 0.2) is 5.13 Å². The van der Waals surface area contributed by atoms with E-state index in [1.165, 1.54) is 36.9 Å². The van der Waals surface area contributed by atoms with Gasteiger partial charge in [-0.3, -0.25) is 10.1 Å². The summed E-state index contributed by atoms with van der Waals surface area (Å²) in [6, 6.07) is 5.12. The summed E-state index contributed by atoms with van der Waals surface area (Å²) in [7, 11) is 2.98. The highest BCUT2D eigenvalue weighted by molar-refractivity contribution is 7.30.